The topological polar surface area (TPSA) is 53.9 Å². The van der Waals surface area contributed by atoms with E-state index in [2.05, 4.69) is 10.5 Å². The van der Waals surface area contributed by atoms with Gasteiger partial charge in [0, 0.05) is 16.8 Å². The summed E-state index contributed by atoms with van der Waals surface area (Å²) in [4.78, 5) is 0. The fourth-order valence-corrected chi connectivity index (χ4v) is 3.29. The predicted molar refractivity (Wildman–Crippen MR) is 120 cm³/mol. The van der Waals surface area contributed by atoms with Crippen LogP contribution in [0.4, 0.5) is 11.4 Å². The third kappa shape index (κ3) is 5.09. The van der Waals surface area contributed by atoms with Gasteiger partial charge in [0.05, 0.1) is 10.7 Å². The summed E-state index contributed by atoms with van der Waals surface area (Å²) in [7, 11) is 0. The number of nitrogens with zero attached hydrogens (tertiary/aromatic N) is 1. The summed E-state index contributed by atoms with van der Waals surface area (Å²) < 4.78 is 6.04. The van der Waals surface area contributed by atoms with Crippen LogP contribution in [0, 0.1) is 6.92 Å². The van der Waals surface area contributed by atoms with Crippen LogP contribution < -0.4 is 10.1 Å². The number of rotatable bonds is 5. The monoisotopic (exact) mass is 408 g/mol. The Bertz CT molecular complexity index is 1040. The zero-order valence-corrected chi connectivity index (χ0v) is 17.8. The molecular weight excluding hydrogens is 384 g/mol. The van der Waals surface area contributed by atoms with Crippen LogP contribution in [-0.2, 0) is 0 Å². The number of benzene rings is 3. The fourth-order valence-electron chi connectivity index (χ4n) is 3.02. The maximum absolute atomic E-state index is 9.63. The third-order valence-electron chi connectivity index (χ3n) is 4.31. The van der Waals surface area contributed by atoms with Gasteiger partial charge in [-0.05, 0) is 63.6 Å². The molecule has 0 aliphatic heterocycles. The van der Waals surface area contributed by atoms with E-state index in [-0.39, 0.29) is 5.60 Å². The largest absolute Gasteiger partial charge is 0.486 e. The Kier molecular flexibility index (Phi) is 6.14. The standard InChI is InChI=1S/C24H25ClN2O2/c1-16-9-5-6-10-18(16)23(27-28)19-14-13-17(15-20(19)25)26-21-11-7-8-12-22(21)29-24(2,3)4/h5-15,26,28H,1-4H3/b27-23-. The van der Waals surface area contributed by atoms with E-state index in [0.717, 1.165) is 28.3 Å². The van der Waals surface area contributed by atoms with E-state index in [0.29, 0.717) is 16.3 Å². The highest BCUT2D eigenvalue weighted by Gasteiger charge is 2.16. The van der Waals surface area contributed by atoms with Crippen molar-refractivity contribution in [2.75, 3.05) is 5.32 Å². The van der Waals surface area contributed by atoms with Crippen LogP contribution in [-0.4, -0.2) is 16.5 Å². The highest BCUT2D eigenvalue weighted by atomic mass is 35.5. The van der Waals surface area contributed by atoms with E-state index in [1.54, 1.807) is 0 Å². The molecule has 0 saturated carbocycles. The molecule has 0 aliphatic carbocycles. The maximum Gasteiger partial charge on any atom is 0.143 e. The van der Waals surface area contributed by atoms with Gasteiger partial charge < -0.3 is 15.3 Å². The van der Waals surface area contributed by atoms with Crippen molar-refractivity contribution in [3.8, 4) is 5.75 Å². The SMILES string of the molecule is Cc1ccccc1/C(=N/O)c1ccc(Nc2ccccc2OC(C)(C)C)cc1Cl. The number of ether oxygens (including phenoxy) is 1. The minimum atomic E-state index is -0.306. The number of hydrogen-bond donors (Lipinski definition) is 2. The second-order valence-corrected chi connectivity index (χ2v) is 8.20. The number of anilines is 2. The Balaban J connectivity index is 1.91. The lowest BCUT2D eigenvalue weighted by molar-refractivity contribution is 0.132. The van der Waals surface area contributed by atoms with Gasteiger partial charge in [-0.2, -0.15) is 0 Å². The molecule has 0 aromatic heterocycles. The lowest BCUT2D eigenvalue weighted by Crippen LogP contribution is -2.23. The molecule has 0 unspecified atom stereocenters. The van der Waals surface area contributed by atoms with Gasteiger partial charge in [-0.3, -0.25) is 0 Å². The van der Waals surface area contributed by atoms with Gasteiger partial charge in [0.15, 0.2) is 0 Å². The van der Waals surface area contributed by atoms with Gasteiger partial charge in [0.1, 0.15) is 17.1 Å². The molecule has 4 nitrogen and oxygen atoms in total. The summed E-state index contributed by atoms with van der Waals surface area (Å²) in [5, 5.41) is 17.0. The number of aryl methyl sites for hydroxylation is 1. The maximum atomic E-state index is 9.63. The van der Waals surface area contributed by atoms with E-state index in [9.17, 15) is 5.21 Å². The van der Waals surface area contributed by atoms with Crippen LogP contribution in [0.1, 0.15) is 37.5 Å². The lowest BCUT2D eigenvalue weighted by atomic mass is 9.98. The highest BCUT2D eigenvalue weighted by molar-refractivity contribution is 6.35. The summed E-state index contributed by atoms with van der Waals surface area (Å²) >= 11 is 6.55. The van der Waals surface area contributed by atoms with Gasteiger partial charge in [0.25, 0.3) is 0 Å². The van der Waals surface area contributed by atoms with Crippen LogP contribution in [0.5, 0.6) is 5.75 Å². The number of para-hydroxylation sites is 2. The Morgan fingerprint density at radius 1 is 0.966 bits per heavy atom. The molecule has 5 heteroatoms. The van der Waals surface area contributed by atoms with E-state index >= 15 is 0 Å². The molecule has 3 aromatic carbocycles. The Morgan fingerprint density at radius 2 is 1.66 bits per heavy atom. The number of nitrogens with one attached hydrogen (secondary N) is 1. The molecule has 0 atom stereocenters. The molecule has 3 aromatic rings. The van der Waals surface area contributed by atoms with E-state index in [4.69, 9.17) is 16.3 Å². The molecule has 0 radical (unpaired) electrons. The van der Waals surface area contributed by atoms with Gasteiger partial charge in [-0.15, -0.1) is 0 Å². The van der Waals surface area contributed by atoms with Crippen molar-refractivity contribution in [2.45, 2.75) is 33.3 Å². The molecule has 150 valence electrons. The van der Waals surface area contributed by atoms with E-state index in [1.807, 2.05) is 94.4 Å². The Labute approximate surface area is 176 Å². The first-order chi connectivity index (χ1) is 13.8. The first-order valence-electron chi connectivity index (χ1n) is 9.41. The molecule has 0 fully saturated rings. The molecule has 0 amide bonds. The zero-order valence-electron chi connectivity index (χ0n) is 17.0. The third-order valence-corrected chi connectivity index (χ3v) is 4.62. The van der Waals surface area contributed by atoms with E-state index < -0.39 is 0 Å². The van der Waals surface area contributed by atoms with Crippen molar-refractivity contribution in [1.82, 2.24) is 0 Å². The van der Waals surface area contributed by atoms with Crippen molar-refractivity contribution in [2.24, 2.45) is 5.16 Å². The minimum Gasteiger partial charge on any atom is -0.486 e. The summed E-state index contributed by atoms with van der Waals surface area (Å²) in [6.45, 7) is 8.00. The smallest absolute Gasteiger partial charge is 0.143 e. The highest BCUT2D eigenvalue weighted by Crippen LogP contribution is 2.32. The molecular formula is C24H25ClN2O2. The van der Waals surface area contributed by atoms with Gasteiger partial charge in [-0.1, -0.05) is 53.2 Å². The van der Waals surface area contributed by atoms with Crippen molar-refractivity contribution in [3.05, 3.63) is 88.4 Å². The second kappa shape index (κ2) is 8.58. The van der Waals surface area contributed by atoms with Crippen LogP contribution in [0.25, 0.3) is 0 Å². The lowest BCUT2D eigenvalue weighted by Gasteiger charge is -2.23. The number of oxime groups is 1. The average Bonchev–Trinajstić information content (AvgIpc) is 2.66. The van der Waals surface area contributed by atoms with Gasteiger partial charge in [0.2, 0.25) is 0 Å². The van der Waals surface area contributed by atoms with Crippen LogP contribution in [0.3, 0.4) is 0 Å². The summed E-state index contributed by atoms with van der Waals surface area (Å²) in [6, 6.07) is 21.1. The Hall–Kier alpha value is -2.98. The van der Waals surface area contributed by atoms with Crippen LogP contribution in [0.2, 0.25) is 5.02 Å². The zero-order chi connectivity index (χ0) is 21.0. The number of hydrogen-bond acceptors (Lipinski definition) is 4. The van der Waals surface area contributed by atoms with Crippen molar-refractivity contribution < 1.29 is 9.94 Å². The molecule has 0 spiro atoms. The predicted octanol–water partition coefficient (Wildman–Crippen LogP) is 6.80. The normalized spacial score (nSPS) is 12.0. The summed E-state index contributed by atoms with van der Waals surface area (Å²) in [5.41, 5.74) is 4.30. The molecule has 0 heterocycles. The van der Waals surface area contributed by atoms with Crippen molar-refractivity contribution >= 4 is 28.7 Å². The molecule has 29 heavy (non-hydrogen) atoms. The van der Waals surface area contributed by atoms with Gasteiger partial charge in [-0.25, -0.2) is 0 Å². The average molecular weight is 409 g/mol. The summed E-state index contributed by atoms with van der Waals surface area (Å²) in [6.07, 6.45) is 0. The first-order valence-corrected chi connectivity index (χ1v) is 9.79. The molecule has 0 aliphatic rings. The molecule has 2 N–H and O–H groups in total. The van der Waals surface area contributed by atoms with Crippen LogP contribution in [0.15, 0.2) is 71.9 Å². The van der Waals surface area contributed by atoms with E-state index in [1.165, 1.54) is 0 Å². The first kappa shape index (κ1) is 20.7. The second-order valence-electron chi connectivity index (χ2n) is 7.79. The van der Waals surface area contributed by atoms with Crippen molar-refractivity contribution in [3.63, 3.8) is 0 Å². The minimum absolute atomic E-state index is 0.306. The van der Waals surface area contributed by atoms with Crippen LogP contribution >= 0.6 is 11.6 Å². The fraction of sp³-hybridized carbons (Fsp3) is 0.208. The number of halogens is 1. The summed E-state index contributed by atoms with van der Waals surface area (Å²) in [5.74, 6) is 0.762. The quantitative estimate of drug-likeness (QED) is 0.277. The van der Waals surface area contributed by atoms with Crippen molar-refractivity contribution in [1.29, 1.82) is 0 Å². The van der Waals surface area contributed by atoms with Gasteiger partial charge >= 0.3 is 0 Å². The Morgan fingerprint density at radius 3 is 2.31 bits per heavy atom. The molecule has 0 bridgehead atoms. The molecule has 0 saturated heterocycles. The molecule has 3 rings (SSSR count).